The molecule has 8 heteroatoms. The van der Waals surface area contributed by atoms with Gasteiger partial charge in [0.15, 0.2) is 0 Å². The van der Waals surface area contributed by atoms with Crippen molar-refractivity contribution < 1.29 is 19.7 Å². The fraction of sp³-hybridized carbons (Fsp3) is 0.500. The molecule has 0 saturated carbocycles. The summed E-state index contributed by atoms with van der Waals surface area (Å²) in [5.41, 5.74) is 1.13. The van der Waals surface area contributed by atoms with E-state index in [0.717, 1.165) is 37.2 Å². The lowest BCUT2D eigenvalue weighted by molar-refractivity contribution is 0.0556. The van der Waals surface area contributed by atoms with Gasteiger partial charge >= 0.3 is 0 Å². The molecule has 2 atom stereocenters. The molecule has 3 rings (SSSR count). The molecule has 1 aliphatic rings. The molecule has 1 saturated heterocycles. The van der Waals surface area contributed by atoms with Crippen LogP contribution in [0.3, 0.4) is 0 Å². The molecule has 2 aromatic carbocycles. The van der Waals surface area contributed by atoms with Gasteiger partial charge in [-0.1, -0.05) is 35.3 Å². The molecule has 3 N–H and O–H groups in total. The van der Waals surface area contributed by atoms with Crippen molar-refractivity contribution in [2.45, 2.75) is 38.0 Å². The van der Waals surface area contributed by atoms with Crippen molar-refractivity contribution in [1.82, 2.24) is 10.2 Å². The van der Waals surface area contributed by atoms with Gasteiger partial charge in [0.2, 0.25) is 0 Å². The highest BCUT2D eigenvalue weighted by molar-refractivity contribution is 6.35. The summed E-state index contributed by atoms with van der Waals surface area (Å²) in [4.78, 5) is 2.23. The van der Waals surface area contributed by atoms with Gasteiger partial charge in [0, 0.05) is 24.2 Å². The fourth-order valence-electron chi connectivity index (χ4n) is 3.71. The number of aliphatic hydroxyl groups is 2. The third-order valence-corrected chi connectivity index (χ3v) is 5.99. The molecule has 1 heterocycles. The molecule has 0 unspecified atom stereocenters. The van der Waals surface area contributed by atoms with Crippen LogP contribution in [0.15, 0.2) is 42.5 Å². The quantitative estimate of drug-likeness (QED) is 0.454. The van der Waals surface area contributed by atoms with Gasteiger partial charge in [-0.15, -0.1) is 0 Å². The molecule has 0 bridgehead atoms. The Balaban J connectivity index is 1.29. The average Bonchev–Trinajstić information content (AvgIpc) is 2.77. The Hall–Kier alpha value is -1.54. The Labute approximate surface area is 200 Å². The van der Waals surface area contributed by atoms with E-state index in [1.165, 1.54) is 0 Å². The number of rotatable bonds is 11. The third-order valence-electron chi connectivity index (χ3n) is 5.46. The number of nitrogens with zero attached hydrogens (tertiary/aromatic N) is 1. The Morgan fingerprint density at radius 3 is 2.50 bits per heavy atom. The van der Waals surface area contributed by atoms with Gasteiger partial charge < -0.3 is 29.9 Å². The van der Waals surface area contributed by atoms with Gasteiger partial charge in [-0.05, 0) is 68.8 Å². The van der Waals surface area contributed by atoms with E-state index in [0.29, 0.717) is 34.9 Å². The standard InChI is InChI=1S/C24H32Cl2N2O4/c1-17-3-2-4-22(11-17)31-15-20(29)13-27-19-7-9-28(10-8-19)14-21(30)16-32-24-6-5-18(25)12-23(24)26/h2-6,11-12,19-21,27,29-30H,7-10,13-16H2,1H3/t20-,21+/m0/s1. The van der Waals surface area contributed by atoms with E-state index >= 15 is 0 Å². The Morgan fingerprint density at radius 1 is 1.03 bits per heavy atom. The summed E-state index contributed by atoms with van der Waals surface area (Å²) in [5, 5.41) is 24.9. The number of hydrogen-bond donors (Lipinski definition) is 3. The zero-order chi connectivity index (χ0) is 22.9. The molecule has 176 valence electrons. The van der Waals surface area contributed by atoms with Crippen LogP contribution in [-0.2, 0) is 0 Å². The van der Waals surface area contributed by atoms with E-state index in [9.17, 15) is 10.2 Å². The summed E-state index contributed by atoms with van der Waals surface area (Å²) >= 11 is 12.0. The van der Waals surface area contributed by atoms with Crippen LogP contribution >= 0.6 is 23.2 Å². The van der Waals surface area contributed by atoms with Crippen LogP contribution in [-0.4, -0.2) is 72.8 Å². The summed E-state index contributed by atoms with van der Waals surface area (Å²) < 4.78 is 11.3. The molecular formula is C24H32Cl2N2O4. The minimum Gasteiger partial charge on any atom is -0.491 e. The number of piperidine rings is 1. The van der Waals surface area contributed by atoms with Crippen LogP contribution in [0, 0.1) is 6.92 Å². The highest BCUT2D eigenvalue weighted by Gasteiger charge is 2.22. The van der Waals surface area contributed by atoms with Crippen molar-refractivity contribution in [3.63, 3.8) is 0 Å². The summed E-state index contributed by atoms with van der Waals surface area (Å²) in [6.45, 7) is 5.25. The van der Waals surface area contributed by atoms with Crippen LogP contribution in [0.1, 0.15) is 18.4 Å². The number of ether oxygens (including phenoxy) is 2. The zero-order valence-electron chi connectivity index (χ0n) is 18.3. The normalized spacial score (nSPS) is 17.2. The molecule has 2 aromatic rings. The predicted molar refractivity (Wildman–Crippen MR) is 128 cm³/mol. The maximum atomic E-state index is 10.3. The van der Waals surface area contributed by atoms with Crippen LogP contribution < -0.4 is 14.8 Å². The Kier molecular flexibility index (Phi) is 9.91. The Morgan fingerprint density at radius 2 is 1.78 bits per heavy atom. The fourth-order valence-corrected chi connectivity index (χ4v) is 4.17. The number of aliphatic hydroxyl groups excluding tert-OH is 2. The predicted octanol–water partition coefficient (Wildman–Crippen LogP) is 3.54. The highest BCUT2D eigenvalue weighted by Crippen LogP contribution is 2.27. The first-order valence-corrected chi connectivity index (χ1v) is 11.7. The topological polar surface area (TPSA) is 74.2 Å². The molecule has 32 heavy (non-hydrogen) atoms. The van der Waals surface area contributed by atoms with E-state index in [2.05, 4.69) is 10.2 Å². The van der Waals surface area contributed by atoms with Crippen molar-refractivity contribution >= 4 is 23.2 Å². The maximum absolute atomic E-state index is 10.3. The van der Waals surface area contributed by atoms with E-state index in [1.807, 2.05) is 31.2 Å². The number of likely N-dealkylation sites (tertiary alicyclic amines) is 1. The van der Waals surface area contributed by atoms with Crippen LogP contribution in [0.25, 0.3) is 0 Å². The number of aryl methyl sites for hydroxylation is 1. The second-order valence-electron chi connectivity index (χ2n) is 8.30. The lowest BCUT2D eigenvalue weighted by Gasteiger charge is -2.33. The molecular weight excluding hydrogens is 451 g/mol. The van der Waals surface area contributed by atoms with Gasteiger partial charge in [0.05, 0.1) is 5.02 Å². The number of β-amino-alcohol motifs (C(OH)–C–C–N with tert-alkyl or cyclic N) is 1. The lowest BCUT2D eigenvalue weighted by Crippen LogP contribution is -2.47. The van der Waals surface area contributed by atoms with Crippen molar-refractivity contribution in [3.8, 4) is 11.5 Å². The summed E-state index contributed by atoms with van der Waals surface area (Å²) in [7, 11) is 0. The first kappa shape index (κ1) is 25.1. The van der Waals surface area contributed by atoms with Gasteiger partial charge in [0.25, 0.3) is 0 Å². The SMILES string of the molecule is Cc1cccc(OC[C@@H](O)CNC2CCN(C[C@@H](O)COc3ccc(Cl)cc3Cl)CC2)c1. The zero-order valence-corrected chi connectivity index (χ0v) is 19.9. The van der Waals surface area contributed by atoms with Crippen LogP contribution in [0.2, 0.25) is 10.0 Å². The van der Waals surface area contributed by atoms with Crippen molar-refractivity contribution in [3.05, 3.63) is 58.1 Å². The van der Waals surface area contributed by atoms with E-state index in [4.69, 9.17) is 32.7 Å². The van der Waals surface area contributed by atoms with Gasteiger partial charge in [0.1, 0.15) is 36.9 Å². The second-order valence-corrected chi connectivity index (χ2v) is 9.15. The second kappa shape index (κ2) is 12.6. The molecule has 0 radical (unpaired) electrons. The van der Waals surface area contributed by atoms with E-state index in [-0.39, 0.29) is 13.2 Å². The molecule has 0 spiro atoms. The monoisotopic (exact) mass is 482 g/mol. The van der Waals surface area contributed by atoms with E-state index < -0.39 is 12.2 Å². The summed E-state index contributed by atoms with van der Waals surface area (Å²) in [6, 6.07) is 13.2. The van der Waals surface area contributed by atoms with Crippen molar-refractivity contribution in [1.29, 1.82) is 0 Å². The van der Waals surface area contributed by atoms with Crippen molar-refractivity contribution in [2.24, 2.45) is 0 Å². The maximum Gasteiger partial charge on any atom is 0.138 e. The molecule has 0 amide bonds. The number of hydrogen-bond acceptors (Lipinski definition) is 6. The molecule has 6 nitrogen and oxygen atoms in total. The highest BCUT2D eigenvalue weighted by atomic mass is 35.5. The minimum atomic E-state index is -0.605. The summed E-state index contributed by atoms with van der Waals surface area (Å²) in [5.74, 6) is 1.29. The van der Waals surface area contributed by atoms with Crippen LogP contribution in [0.4, 0.5) is 0 Å². The first-order valence-electron chi connectivity index (χ1n) is 11.0. The average molecular weight is 483 g/mol. The van der Waals surface area contributed by atoms with E-state index in [1.54, 1.807) is 18.2 Å². The number of benzene rings is 2. The Bertz CT molecular complexity index is 846. The third kappa shape index (κ3) is 8.43. The number of nitrogens with one attached hydrogen (secondary N) is 1. The molecule has 1 fully saturated rings. The largest absolute Gasteiger partial charge is 0.491 e. The lowest BCUT2D eigenvalue weighted by atomic mass is 10.0. The smallest absolute Gasteiger partial charge is 0.138 e. The van der Waals surface area contributed by atoms with Crippen LogP contribution in [0.5, 0.6) is 11.5 Å². The van der Waals surface area contributed by atoms with Gasteiger partial charge in [-0.2, -0.15) is 0 Å². The molecule has 0 aromatic heterocycles. The van der Waals surface area contributed by atoms with Gasteiger partial charge in [-0.3, -0.25) is 0 Å². The minimum absolute atomic E-state index is 0.173. The molecule has 1 aliphatic heterocycles. The molecule has 0 aliphatic carbocycles. The van der Waals surface area contributed by atoms with Crippen molar-refractivity contribution in [2.75, 3.05) is 39.4 Å². The first-order chi connectivity index (χ1) is 15.4. The van der Waals surface area contributed by atoms with Gasteiger partial charge in [-0.25, -0.2) is 0 Å². The summed E-state index contributed by atoms with van der Waals surface area (Å²) in [6.07, 6.45) is 0.753. The number of halogens is 2.